The van der Waals surface area contributed by atoms with Crippen LogP contribution in [-0.2, 0) is 4.79 Å². The second-order valence-corrected chi connectivity index (χ2v) is 2.39. The Bertz CT molecular complexity index is 243. The fourth-order valence-electron chi connectivity index (χ4n) is 0.855. The third kappa shape index (κ3) is 1.39. The molecule has 1 atom stereocenters. The zero-order valence-electron chi connectivity index (χ0n) is 5.97. The first-order valence-electron chi connectivity index (χ1n) is 3.11. The highest BCUT2D eigenvalue weighted by atomic mass is 19.1. The van der Waals surface area contributed by atoms with Crippen LogP contribution in [0.2, 0.25) is 0 Å². The van der Waals surface area contributed by atoms with Crippen molar-refractivity contribution < 1.29 is 14.3 Å². The van der Waals surface area contributed by atoms with Gasteiger partial charge in [0.1, 0.15) is 0 Å². The lowest BCUT2D eigenvalue weighted by Crippen LogP contribution is -2.40. The van der Waals surface area contributed by atoms with Crippen LogP contribution in [0.15, 0.2) is 23.9 Å². The monoisotopic (exact) mass is 157 g/mol. The summed E-state index contributed by atoms with van der Waals surface area (Å²) in [5.41, 5.74) is -0.278. The van der Waals surface area contributed by atoms with E-state index in [1.807, 2.05) is 0 Å². The molecule has 0 aromatic carbocycles. The molecule has 0 saturated carbocycles. The van der Waals surface area contributed by atoms with Gasteiger partial charge < -0.3 is 10.4 Å². The van der Waals surface area contributed by atoms with Crippen LogP contribution in [-0.4, -0.2) is 16.9 Å². The first kappa shape index (κ1) is 7.78. The van der Waals surface area contributed by atoms with Gasteiger partial charge in [-0.2, -0.15) is 0 Å². The van der Waals surface area contributed by atoms with E-state index >= 15 is 0 Å². The zero-order chi connectivity index (χ0) is 8.48. The normalized spacial score (nSPS) is 29.1. The summed E-state index contributed by atoms with van der Waals surface area (Å²) >= 11 is 0. The summed E-state index contributed by atoms with van der Waals surface area (Å²) in [5, 5.41) is 10.8. The van der Waals surface area contributed by atoms with Crippen LogP contribution >= 0.6 is 0 Å². The van der Waals surface area contributed by atoms with Crippen LogP contribution in [0.3, 0.4) is 0 Å². The quantitative estimate of drug-likeness (QED) is 0.553. The summed E-state index contributed by atoms with van der Waals surface area (Å²) in [4.78, 5) is 10.4. The number of allylic oxidation sites excluding steroid dienone is 2. The molecule has 4 heteroatoms. The van der Waals surface area contributed by atoms with Crippen LogP contribution in [0.4, 0.5) is 4.39 Å². The average molecular weight is 157 g/mol. The van der Waals surface area contributed by atoms with Gasteiger partial charge in [0, 0.05) is 0 Å². The second-order valence-electron chi connectivity index (χ2n) is 2.39. The first-order chi connectivity index (χ1) is 5.04. The van der Waals surface area contributed by atoms with Crippen LogP contribution < -0.4 is 5.32 Å². The lowest BCUT2D eigenvalue weighted by Gasteiger charge is -2.23. The van der Waals surface area contributed by atoms with Gasteiger partial charge in [0.15, 0.2) is 0 Å². The van der Waals surface area contributed by atoms with Gasteiger partial charge in [0.05, 0.1) is 5.57 Å². The van der Waals surface area contributed by atoms with E-state index in [4.69, 9.17) is 5.11 Å². The van der Waals surface area contributed by atoms with Crippen LogP contribution in [0.1, 0.15) is 6.92 Å². The van der Waals surface area contributed by atoms with Gasteiger partial charge in [-0.05, 0) is 25.3 Å². The van der Waals surface area contributed by atoms with Crippen LogP contribution in [0, 0.1) is 0 Å². The molecule has 11 heavy (non-hydrogen) atoms. The Balaban J connectivity index is 2.97. The van der Waals surface area contributed by atoms with Crippen LogP contribution in [0.5, 0.6) is 0 Å². The number of hydrogen-bond acceptors (Lipinski definition) is 2. The van der Waals surface area contributed by atoms with E-state index in [2.05, 4.69) is 5.32 Å². The number of halogens is 1. The summed E-state index contributed by atoms with van der Waals surface area (Å²) in [6.07, 6.45) is 4.05. The molecule has 0 spiro atoms. The molecule has 1 aliphatic rings. The minimum Gasteiger partial charge on any atom is -0.478 e. The summed E-state index contributed by atoms with van der Waals surface area (Å²) in [5.74, 6) is -3.20. The highest BCUT2D eigenvalue weighted by Gasteiger charge is 2.33. The third-order valence-corrected chi connectivity index (χ3v) is 1.45. The molecular weight excluding hydrogens is 149 g/mol. The molecule has 3 nitrogen and oxygen atoms in total. The molecule has 1 unspecified atom stereocenters. The molecule has 0 fully saturated rings. The fourth-order valence-corrected chi connectivity index (χ4v) is 0.855. The lowest BCUT2D eigenvalue weighted by atomic mass is 10.0. The summed E-state index contributed by atoms with van der Waals surface area (Å²) < 4.78 is 13.2. The van der Waals surface area contributed by atoms with Crippen molar-refractivity contribution in [2.75, 3.05) is 0 Å². The van der Waals surface area contributed by atoms with Gasteiger partial charge in [-0.15, -0.1) is 0 Å². The predicted molar refractivity (Wildman–Crippen MR) is 37.5 cm³/mol. The van der Waals surface area contributed by atoms with Crippen molar-refractivity contribution in [3.05, 3.63) is 23.9 Å². The SMILES string of the molecule is CC1(F)NC=CC=C1C(=O)O. The molecule has 0 amide bonds. The van der Waals surface area contributed by atoms with Gasteiger partial charge in [0.2, 0.25) is 5.79 Å². The van der Waals surface area contributed by atoms with Gasteiger partial charge >= 0.3 is 5.97 Å². The molecule has 0 aromatic heterocycles. The van der Waals surface area contributed by atoms with E-state index < -0.39 is 11.8 Å². The molecule has 0 radical (unpaired) electrons. The number of carboxylic acid groups (broad SMARTS) is 1. The molecule has 2 N–H and O–H groups in total. The number of hydrogen-bond donors (Lipinski definition) is 2. The van der Waals surface area contributed by atoms with Gasteiger partial charge in [-0.25, -0.2) is 9.18 Å². The van der Waals surface area contributed by atoms with Crippen molar-refractivity contribution >= 4 is 5.97 Å². The van der Waals surface area contributed by atoms with Crippen molar-refractivity contribution in [1.82, 2.24) is 5.32 Å². The fraction of sp³-hybridized carbons (Fsp3) is 0.286. The van der Waals surface area contributed by atoms with Gasteiger partial charge in [0.25, 0.3) is 0 Å². The van der Waals surface area contributed by atoms with Gasteiger partial charge in [-0.3, -0.25) is 0 Å². The number of nitrogens with one attached hydrogen (secondary N) is 1. The summed E-state index contributed by atoms with van der Waals surface area (Å²) in [7, 11) is 0. The lowest BCUT2D eigenvalue weighted by molar-refractivity contribution is -0.134. The van der Waals surface area contributed by atoms with Crippen molar-refractivity contribution in [1.29, 1.82) is 0 Å². The largest absolute Gasteiger partial charge is 0.478 e. The Hall–Kier alpha value is -1.32. The average Bonchev–Trinajstić information content (AvgIpc) is 1.85. The molecule has 1 aliphatic heterocycles. The highest BCUT2D eigenvalue weighted by molar-refractivity contribution is 5.89. The first-order valence-corrected chi connectivity index (χ1v) is 3.11. The predicted octanol–water partition coefficient (Wildman–Crippen LogP) is 0.800. The Morgan fingerprint density at radius 1 is 1.82 bits per heavy atom. The standard InChI is InChI=1S/C7H8FNO2/c1-7(8)5(6(10)11)3-2-4-9-7/h2-4,9H,1H3,(H,10,11). The molecular formula is C7H8FNO2. The molecule has 0 aliphatic carbocycles. The Kier molecular flexibility index (Phi) is 1.68. The maximum Gasteiger partial charge on any atom is 0.336 e. The number of carboxylic acids is 1. The van der Waals surface area contributed by atoms with E-state index in [1.54, 1.807) is 0 Å². The molecule has 60 valence electrons. The molecule has 1 rings (SSSR count). The third-order valence-electron chi connectivity index (χ3n) is 1.45. The van der Waals surface area contributed by atoms with Gasteiger partial charge in [-0.1, -0.05) is 0 Å². The number of rotatable bonds is 1. The molecule has 0 saturated heterocycles. The van der Waals surface area contributed by atoms with E-state index in [-0.39, 0.29) is 5.57 Å². The number of dihydropyridines is 1. The maximum absolute atomic E-state index is 13.2. The molecule has 1 heterocycles. The van der Waals surface area contributed by atoms with Crippen LogP contribution in [0.25, 0.3) is 0 Å². The second kappa shape index (κ2) is 2.38. The minimum atomic E-state index is -1.96. The maximum atomic E-state index is 13.2. The zero-order valence-corrected chi connectivity index (χ0v) is 5.97. The van der Waals surface area contributed by atoms with Crippen molar-refractivity contribution in [2.24, 2.45) is 0 Å². The van der Waals surface area contributed by atoms with Crippen molar-refractivity contribution in [3.8, 4) is 0 Å². The minimum absolute atomic E-state index is 0.278. The Labute approximate surface area is 63.2 Å². The number of alkyl halides is 1. The van der Waals surface area contributed by atoms with E-state index in [0.717, 1.165) is 6.92 Å². The van der Waals surface area contributed by atoms with E-state index in [9.17, 15) is 9.18 Å². The number of aliphatic carboxylic acids is 1. The smallest absolute Gasteiger partial charge is 0.336 e. The molecule has 0 aromatic rings. The van der Waals surface area contributed by atoms with Crippen molar-refractivity contribution in [2.45, 2.75) is 12.7 Å². The van der Waals surface area contributed by atoms with Crippen molar-refractivity contribution in [3.63, 3.8) is 0 Å². The van der Waals surface area contributed by atoms with E-state index in [1.165, 1.54) is 18.4 Å². The molecule has 0 bridgehead atoms. The van der Waals surface area contributed by atoms with E-state index in [0.29, 0.717) is 0 Å². The summed E-state index contributed by atoms with van der Waals surface area (Å²) in [6, 6.07) is 0. The topological polar surface area (TPSA) is 49.3 Å². The Morgan fingerprint density at radius 3 is 2.82 bits per heavy atom. The summed E-state index contributed by atoms with van der Waals surface area (Å²) in [6.45, 7) is 1.16. The Morgan fingerprint density at radius 2 is 2.45 bits per heavy atom. The highest BCUT2D eigenvalue weighted by Crippen LogP contribution is 2.20. The number of carbonyl (C=O) groups is 1.